The minimum Gasteiger partial charge on any atom is -0.217 e. The molecule has 0 amide bonds. The van der Waals surface area contributed by atoms with Gasteiger partial charge in [-0.05, 0) is 56.4 Å². The Morgan fingerprint density at radius 1 is 0.792 bits per heavy atom. The Labute approximate surface area is 319 Å². The summed E-state index contributed by atoms with van der Waals surface area (Å²) in [6.07, 6.45) is 49.0. The van der Waals surface area contributed by atoms with Crippen LogP contribution in [0.3, 0.4) is 0 Å². The first-order valence-corrected chi connectivity index (χ1v) is 21.3. The molecule has 270 valence electrons. The van der Waals surface area contributed by atoms with E-state index in [2.05, 4.69) is 154 Å². The fraction of sp³-hybridized carbons (Fsp3) is 0.468. The van der Waals surface area contributed by atoms with Gasteiger partial charge in [0.25, 0.3) is 0 Å². The fourth-order valence-electron chi connectivity index (χ4n) is 11.0. The van der Waals surface area contributed by atoms with Gasteiger partial charge in [0.15, 0.2) is 5.82 Å². The second kappa shape index (κ2) is 12.8. The highest BCUT2D eigenvalue weighted by Gasteiger charge is 2.67. The van der Waals surface area contributed by atoms with Crippen LogP contribution >= 0.6 is 11.8 Å². The quantitative estimate of drug-likeness (QED) is 0.230. The van der Waals surface area contributed by atoms with Crippen molar-refractivity contribution in [1.82, 2.24) is 24.5 Å². The van der Waals surface area contributed by atoms with Crippen LogP contribution in [0.1, 0.15) is 95.5 Å². The van der Waals surface area contributed by atoms with Gasteiger partial charge in [-0.2, -0.15) is 0 Å². The average molecular weight is 719 g/mol. The maximum Gasteiger partial charge on any atom is 0.386 e. The summed E-state index contributed by atoms with van der Waals surface area (Å²) in [6.45, 7) is 9.64. The molecule has 1 aromatic rings. The zero-order chi connectivity index (χ0) is 35.9. The summed E-state index contributed by atoms with van der Waals surface area (Å²) in [5.74, 6) is 5.87. The van der Waals surface area contributed by atoms with Crippen molar-refractivity contribution in [3.63, 3.8) is 0 Å². The van der Waals surface area contributed by atoms with Crippen LogP contribution in [-0.4, -0.2) is 47.9 Å². The van der Waals surface area contributed by atoms with Crippen LogP contribution in [0.5, 0.6) is 0 Å². The van der Waals surface area contributed by atoms with Gasteiger partial charge in [0, 0.05) is 51.7 Å². The Morgan fingerprint density at radius 3 is 2.47 bits per heavy atom. The molecule has 0 N–H and O–H groups in total. The monoisotopic (exact) mass is 718 g/mol. The van der Waals surface area contributed by atoms with Crippen LogP contribution in [-0.2, 0) is 0 Å². The molecule has 3 aliphatic heterocycles. The molecule has 4 heterocycles. The Balaban J connectivity index is 1.16. The van der Waals surface area contributed by atoms with Gasteiger partial charge in [0.05, 0.1) is 5.25 Å². The molecule has 6 heteroatoms. The zero-order valence-corrected chi connectivity index (χ0v) is 32.4. The first-order valence-electron chi connectivity index (χ1n) is 20.3. The van der Waals surface area contributed by atoms with Gasteiger partial charge in [0.2, 0.25) is 5.71 Å². The Kier molecular flexibility index (Phi) is 8.11. The van der Waals surface area contributed by atoms with Crippen LogP contribution in [0.15, 0.2) is 115 Å². The van der Waals surface area contributed by atoms with Gasteiger partial charge in [-0.1, -0.05) is 125 Å². The molecule has 0 bridgehead atoms. The normalized spacial score (nSPS) is 41.5. The molecule has 10 rings (SSSR count). The van der Waals surface area contributed by atoms with Crippen molar-refractivity contribution in [2.24, 2.45) is 40.4 Å². The Hall–Kier alpha value is -3.99. The molecule has 10 unspecified atom stereocenters. The predicted molar refractivity (Wildman–Crippen MR) is 220 cm³/mol. The second-order valence-corrected chi connectivity index (χ2v) is 18.7. The van der Waals surface area contributed by atoms with Crippen LogP contribution in [0, 0.1) is 40.4 Å². The molecule has 2 fully saturated rings. The molecule has 0 spiro atoms. The number of likely N-dealkylation sites (tertiary alicyclic amines) is 1. The summed E-state index contributed by atoms with van der Waals surface area (Å²) >= 11 is 2.20. The lowest BCUT2D eigenvalue weighted by Gasteiger charge is -2.39. The highest BCUT2D eigenvalue weighted by molar-refractivity contribution is 8.01. The van der Waals surface area contributed by atoms with Crippen molar-refractivity contribution in [2.45, 2.75) is 94.6 Å². The molecule has 12 atom stereocenters. The van der Waals surface area contributed by atoms with Crippen LogP contribution in [0.25, 0.3) is 5.57 Å². The highest BCUT2D eigenvalue weighted by atomic mass is 32.2. The van der Waals surface area contributed by atoms with E-state index in [1.54, 1.807) is 0 Å². The van der Waals surface area contributed by atoms with E-state index in [0.29, 0.717) is 40.1 Å². The SMILES string of the molecule is CC1C=CCCC1C1=[N+]=C(N2C3=CC=CC[C@]3(C)C3C=CC4C(SC5C=CC=CC54C)[C@H]32)C(c2nc(C3C=CCCC3)nc(C3C=CC=CC3C)n2)=C1. The fourth-order valence-corrected chi connectivity index (χ4v) is 13.1. The van der Waals surface area contributed by atoms with E-state index in [0.717, 1.165) is 67.4 Å². The number of hydrogen-bond acceptors (Lipinski definition) is 5. The van der Waals surface area contributed by atoms with E-state index in [-0.39, 0.29) is 28.7 Å². The van der Waals surface area contributed by atoms with Gasteiger partial charge >= 0.3 is 5.84 Å². The topological polar surface area (TPSA) is 56.0 Å². The summed E-state index contributed by atoms with van der Waals surface area (Å²) < 4.78 is 5.80. The lowest BCUT2D eigenvalue weighted by Crippen LogP contribution is -2.49. The third-order valence-corrected chi connectivity index (χ3v) is 16.0. The lowest BCUT2D eigenvalue weighted by molar-refractivity contribution is 0.226. The van der Waals surface area contributed by atoms with E-state index in [1.807, 2.05) is 0 Å². The number of aromatic nitrogens is 3. The van der Waals surface area contributed by atoms with Crippen molar-refractivity contribution in [3.05, 3.63) is 133 Å². The summed E-state index contributed by atoms with van der Waals surface area (Å²) in [4.78, 5) is 18.9. The number of fused-ring (bicyclic) bond motifs is 7. The number of nitrogens with zero attached hydrogens (tertiary/aromatic N) is 5. The van der Waals surface area contributed by atoms with Crippen LogP contribution < -0.4 is 4.67 Å². The Bertz CT molecular complexity index is 2100. The van der Waals surface area contributed by atoms with E-state index < -0.39 is 0 Å². The lowest BCUT2D eigenvalue weighted by atomic mass is 9.63. The van der Waals surface area contributed by atoms with Crippen molar-refractivity contribution in [2.75, 3.05) is 0 Å². The first kappa shape index (κ1) is 33.6. The van der Waals surface area contributed by atoms with Crippen molar-refractivity contribution in [1.29, 1.82) is 0 Å². The smallest absolute Gasteiger partial charge is 0.217 e. The standard InChI is InChI=1S/C47H52N5S/c1-29-16-8-10-20-32(29)37-28-34(44-50-42(31-18-6-5-7-19-31)49-43(51-44)33-21-11-9-17-30(33)2)45(48-37)52-38-22-12-14-26-46(38,3)35-24-25-36-41(40(35)52)53-39-23-13-15-27-47(36,39)4/h6,8-9,11-18,21-25,27-33,35-36,39-41H,5,7,10,19-20,26H2,1-4H3/q+1/t29?,30?,31?,32?,33?,35?,36?,39?,40-,41?,46+,47?/m0/s1. The summed E-state index contributed by atoms with van der Waals surface area (Å²) in [5.41, 5.74) is 3.74. The second-order valence-electron chi connectivity index (χ2n) is 17.4. The van der Waals surface area contributed by atoms with Crippen LogP contribution in [0.4, 0.5) is 0 Å². The minimum absolute atomic E-state index is 0.0178. The van der Waals surface area contributed by atoms with Gasteiger partial charge in [-0.3, -0.25) is 0 Å². The maximum absolute atomic E-state index is 5.80. The van der Waals surface area contributed by atoms with Crippen molar-refractivity contribution < 1.29 is 0 Å². The summed E-state index contributed by atoms with van der Waals surface area (Å²) in [6, 6.07) is 0.272. The molecule has 2 saturated heterocycles. The number of allylic oxidation sites excluding steroid dienone is 17. The molecule has 9 aliphatic rings. The minimum atomic E-state index is -0.0178. The average Bonchev–Trinajstić information content (AvgIpc) is 3.83. The van der Waals surface area contributed by atoms with E-state index in [9.17, 15) is 0 Å². The van der Waals surface area contributed by atoms with Crippen molar-refractivity contribution in [3.8, 4) is 0 Å². The number of hydrogen-bond donors (Lipinski definition) is 0. The molecular formula is C47H52N5S+. The molecule has 0 aromatic carbocycles. The van der Waals surface area contributed by atoms with E-state index >= 15 is 0 Å². The summed E-state index contributed by atoms with van der Waals surface area (Å²) in [5, 5.41) is 0.890. The molecule has 53 heavy (non-hydrogen) atoms. The maximum atomic E-state index is 5.80. The third kappa shape index (κ3) is 5.26. The molecular weight excluding hydrogens is 667 g/mol. The summed E-state index contributed by atoms with van der Waals surface area (Å²) in [7, 11) is 0. The molecule has 6 aliphatic carbocycles. The number of rotatable bonds is 4. The predicted octanol–water partition coefficient (Wildman–Crippen LogP) is 9.40. The highest BCUT2D eigenvalue weighted by Crippen LogP contribution is 2.65. The zero-order valence-electron chi connectivity index (χ0n) is 31.6. The van der Waals surface area contributed by atoms with Gasteiger partial charge in [-0.25, -0.2) is 24.5 Å². The van der Waals surface area contributed by atoms with E-state index in [4.69, 9.17) is 19.6 Å². The van der Waals surface area contributed by atoms with Gasteiger partial charge in [0.1, 0.15) is 29.0 Å². The third-order valence-electron chi connectivity index (χ3n) is 14.2. The molecule has 0 saturated carbocycles. The molecule has 5 nitrogen and oxygen atoms in total. The van der Waals surface area contributed by atoms with Crippen molar-refractivity contribution >= 4 is 28.9 Å². The van der Waals surface area contributed by atoms with Gasteiger partial charge in [-0.15, -0.1) is 11.8 Å². The Morgan fingerprint density at radius 2 is 1.62 bits per heavy atom. The van der Waals surface area contributed by atoms with Crippen LogP contribution in [0.2, 0.25) is 0 Å². The number of thioether (sulfide) groups is 1. The molecule has 0 radical (unpaired) electrons. The largest absolute Gasteiger partial charge is 0.386 e. The number of amidine groups is 1. The van der Waals surface area contributed by atoms with E-state index in [1.165, 1.54) is 11.4 Å². The first-order chi connectivity index (χ1) is 25.8. The van der Waals surface area contributed by atoms with Gasteiger partial charge < -0.3 is 0 Å². The molecule has 1 aromatic heterocycles.